The Kier molecular flexibility index (Phi) is 3.06. The van der Waals surface area contributed by atoms with Crippen LogP contribution >= 0.6 is 0 Å². The molecule has 0 aliphatic carbocycles. The Labute approximate surface area is 83.9 Å². The van der Waals surface area contributed by atoms with Crippen LogP contribution in [-0.4, -0.2) is 10.7 Å². The largest absolute Gasteiger partial charge is 0.385 e. The second-order valence-corrected chi connectivity index (χ2v) is 3.67. The van der Waals surface area contributed by atoms with Gasteiger partial charge in [0.1, 0.15) is 5.82 Å². The highest BCUT2D eigenvalue weighted by Gasteiger charge is 2.25. The van der Waals surface area contributed by atoms with E-state index in [1.807, 2.05) is 6.92 Å². The van der Waals surface area contributed by atoms with E-state index in [2.05, 4.69) is 0 Å². The second-order valence-electron chi connectivity index (χ2n) is 3.67. The third kappa shape index (κ3) is 2.20. The van der Waals surface area contributed by atoms with Gasteiger partial charge in [0.2, 0.25) is 0 Å². The lowest BCUT2D eigenvalue weighted by Crippen LogP contribution is -2.28. The van der Waals surface area contributed by atoms with Crippen LogP contribution in [0.5, 0.6) is 0 Å². The molecule has 1 N–H and O–H groups in total. The smallest absolute Gasteiger partial charge is 0.123 e. The molecular formula is C12H14FO. The Bertz CT molecular complexity index is 314. The SMILES string of the molecule is [CH]=CC(C)(O)C(C)c1ccc(F)cc1. The summed E-state index contributed by atoms with van der Waals surface area (Å²) in [4.78, 5) is 0. The normalized spacial score (nSPS) is 17.1. The molecule has 2 atom stereocenters. The minimum absolute atomic E-state index is 0.159. The Hall–Kier alpha value is -1.15. The van der Waals surface area contributed by atoms with E-state index in [0.717, 1.165) is 5.56 Å². The van der Waals surface area contributed by atoms with Crippen molar-refractivity contribution in [3.63, 3.8) is 0 Å². The highest BCUT2D eigenvalue weighted by atomic mass is 19.1. The van der Waals surface area contributed by atoms with Gasteiger partial charge in [-0.15, -0.1) is 0 Å². The molecule has 0 amide bonds. The van der Waals surface area contributed by atoms with E-state index in [0.29, 0.717) is 0 Å². The lowest BCUT2D eigenvalue weighted by molar-refractivity contribution is 0.0864. The maximum Gasteiger partial charge on any atom is 0.123 e. The molecule has 1 nitrogen and oxygen atoms in total. The van der Waals surface area contributed by atoms with Gasteiger partial charge in [-0.25, -0.2) is 4.39 Å². The molecule has 1 aromatic carbocycles. The zero-order valence-electron chi connectivity index (χ0n) is 8.37. The van der Waals surface area contributed by atoms with Crippen LogP contribution in [0, 0.1) is 12.4 Å². The molecule has 1 rings (SSSR count). The summed E-state index contributed by atoms with van der Waals surface area (Å²) in [5.41, 5.74) is -0.212. The molecule has 1 aromatic rings. The maximum atomic E-state index is 12.6. The van der Waals surface area contributed by atoms with E-state index in [1.165, 1.54) is 18.2 Å². The Morgan fingerprint density at radius 3 is 2.36 bits per heavy atom. The van der Waals surface area contributed by atoms with Gasteiger partial charge in [-0.2, -0.15) is 0 Å². The molecule has 1 radical (unpaired) electrons. The minimum Gasteiger partial charge on any atom is -0.385 e. The summed E-state index contributed by atoms with van der Waals surface area (Å²) in [6.45, 7) is 8.80. The number of rotatable bonds is 3. The van der Waals surface area contributed by atoms with E-state index in [9.17, 15) is 9.50 Å². The molecule has 14 heavy (non-hydrogen) atoms. The number of aliphatic hydroxyl groups is 1. The first-order chi connectivity index (χ1) is 6.47. The van der Waals surface area contributed by atoms with Crippen LogP contribution in [0.15, 0.2) is 30.3 Å². The monoisotopic (exact) mass is 193 g/mol. The number of halogens is 1. The van der Waals surface area contributed by atoms with Gasteiger partial charge in [0.05, 0.1) is 5.60 Å². The number of hydrogen-bond acceptors (Lipinski definition) is 1. The third-order valence-electron chi connectivity index (χ3n) is 2.58. The average Bonchev–Trinajstić information content (AvgIpc) is 2.18. The molecule has 0 bridgehead atoms. The van der Waals surface area contributed by atoms with Gasteiger partial charge in [0.15, 0.2) is 0 Å². The maximum absolute atomic E-state index is 12.6. The standard InChI is InChI=1S/C12H14FO/c1-4-12(3,14)9(2)10-5-7-11(13)8-6-10/h1,4-9,14H,2-3H3. The van der Waals surface area contributed by atoms with Crippen LogP contribution < -0.4 is 0 Å². The molecule has 0 saturated heterocycles. The molecule has 0 aliphatic rings. The summed E-state index contributed by atoms with van der Waals surface area (Å²) in [7, 11) is 0. The number of benzene rings is 1. The predicted molar refractivity (Wildman–Crippen MR) is 54.3 cm³/mol. The fraction of sp³-hybridized carbons (Fsp3) is 0.333. The summed E-state index contributed by atoms with van der Waals surface area (Å²) in [5.74, 6) is -0.439. The summed E-state index contributed by atoms with van der Waals surface area (Å²) in [6, 6.07) is 6.05. The second kappa shape index (κ2) is 3.93. The van der Waals surface area contributed by atoms with E-state index >= 15 is 0 Å². The van der Waals surface area contributed by atoms with Gasteiger partial charge in [0, 0.05) is 5.92 Å². The van der Waals surface area contributed by atoms with Crippen molar-refractivity contribution >= 4 is 0 Å². The first kappa shape index (κ1) is 10.9. The average molecular weight is 193 g/mol. The molecule has 75 valence electrons. The molecule has 2 unspecified atom stereocenters. The first-order valence-electron chi connectivity index (χ1n) is 4.51. The Morgan fingerprint density at radius 1 is 1.43 bits per heavy atom. The third-order valence-corrected chi connectivity index (χ3v) is 2.58. The molecule has 0 heterocycles. The van der Waals surface area contributed by atoms with Crippen LogP contribution in [-0.2, 0) is 0 Å². The zero-order chi connectivity index (χ0) is 10.8. The van der Waals surface area contributed by atoms with E-state index in [-0.39, 0.29) is 11.7 Å². The number of hydrogen-bond donors (Lipinski definition) is 1. The van der Waals surface area contributed by atoms with Gasteiger partial charge >= 0.3 is 0 Å². The topological polar surface area (TPSA) is 20.2 Å². The predicted octanol–water partition coefficient (Wildman–Crippen LogP) is 2.67. The van der Waals surface area contributed by atoms with Crippen molar-refractivity contribution in [2.45, 2.75) is 25.4 Å². The van der Waals surface area contributed by atoms with Crippen molar-refractivity contribution in [3.05, 3.63) is 48.3 Å². The van der Waals surface area contributed by atoms with E-state index in [4.69, 9.17) is 6.58 Å². The first-order valence-corrected chi connectivity index (χ1v) is 4.51. The van der Waals surface area contributed by atoms with Crippen molar-refractivity contribution in [1.82, 2.24) is 0 Å². The highest BCUT2D eigenvalue weighted by molar-refractivity contribution is 5.24. The summed E-state index contributed by atoms with van der Waals surface area (Å²) < 4.78 is 12.6. The van der Waals surface area contributed by atoms with Gasteiger partial charge in [-0.3, -0.25) is 0 Å². The quantitative estimate of drug-likeness (QED) is 0.782. The van der Waals surface area contributed by atoms with Crippen molar-refractivity contribution in [2.24, 2.45) is 0 Å². The fourth-order valence-corrected chi connectivity index (χ4v) is 1.23. The molecule has 0 aliphatic heterocycles. The van der Waals surface area contributed by atoms with Crippen LogP contribution in [0.1, 0.15) is 25.3 Å². The molecule has 2 heteroatoms. The summed E-state index contributed by atoms with van der Waals surface area (Å²) in [5, 5.41) is 9.84. The van der Waals surface area contributed by atoms with Crippen molar-refractivity contribution in [3.8, 4) is 0 Å². The Balaban J connectivity index is 2.95. The lowest BCUT2D eigenvalue weighted by atomic mass is 9.85. The summed E-state index contributed by atoms with van der Waals surface area (Å²) in [6.07, 6.45) is 1.25. The molecule has 0 saturated carbocycles. The zero-order valence-corrected chi connectivity index (χ0v) is 8.37. The van der Waals surface area contributed by atoms with E-state index < -0.39 is 5.60 Å². The van der Waals surface area contributed by atoms with Crippen LogP contribution in [0.25, 0.3) is 0 Å². The van der Waals surface area contributed by atoms with Crippen molar-refractivity contribution in [1.29, 1.82) is 0 Å². The fourth-order valence-electron chi connectivity index (χ4n) is 1.23. The van der Waals surface area contributed by atoms with Crippen molar-refractivity contribution < 1.29 is 9.50 Å². The van der Waals surface area contributed by atoms with Gasteiger partial charge in [-0.1, -0.05) is 31.7 Å². The lowest BCUT2D eigenvalue weighted by Gasteiger charge is -2.26. The Morgan fingerprint density at radius 2 is 1.93 bits per heavy atom. The minimum atomic E-state index is -1.07. The molecule has 0 aromatic heterocycles. The van der Waals surface area contributed by atoms with Crippen LogP contribution in [0.3, 0.4) is 0 Å². The molecular weight excluding hydrogens is 179 g/mol. The van der Waals surface area contributed by atoms with Gasteiger partial charge in [0.25, 0.3) is 0 Å². The van der Waals surface area contributed by atoms with Gasteiger partial charge in [-0.05, 0) is 24.6 Å². The highest BCUT2D eigenvalue weighted by Crippen LogP contribution is 2.28. The van der Waals surface area contributed by atoms with Gasteiger partial charge < -0.3 is 5.11 Å². The molecule has 0 spiro atoms. The van der Waals surface area contributed by atoms with E-state index in [1.54, 1.807) is 19.1 Å². The van der Waals surface area contributed by atoms with Crippen LogP contribution in [0.4, 0.5) is 4.39 Å². The molecule has 0 fully saturated rings. The van der Waals surface area contributed by atoms with Crippen molar-refractivity contribution in [2.75, 3.05) is 0 Å². The summed E-state index contributed by atoms with van der Waals surface area (Å²) >= 11 is 0. The van der Waals surface area contributed by atoms with Crippen LogP contribution in [0.2, 0.25) is 0 Å².